The minimum absolute atomic E-state index is 0.196. The van der Waals surface area contributed by atoms with Crippen LogP contribution in [0.25, 0.3) is 22.0 Å². The molecule has 0 fully saturated rings. The Labute approximate surface area is 167 Å². The van der Waals surface area contributed by atoms with Gasteiger partial charge < -0.3 is 5.73 Å². The number of aromatic nitrogens is 1. The molecule has 0 aliphatic carbocycles. The van der Waals surface area contributed by atoms with Gasteiger partial charge in [0, 0.05) is 10.9 Å². The Morgan fingerprint density at radius 2 is 1.69 bits per heavy atom. The highest BCUT2D eigenvalue weighted by molar-refractivity contribution is 7.85. The molecule has 0 atom stereocenters. The molecule has 7 nitrogen and oxygen atoms in total. The summed E-state index contributed by atoms with van der Waals surface area (Å²) in [6.45, 7) is 0. The van der Waals surface area contributed by atoms with Crippen molar-refractivity contribution in [3.8, 4) is 11.3 Å². The van der Waals surface area contributed by atoms with E-state index in [1.54, 1.807) is 30.5 Å². The molecule has 1 aromatic heterocycles. The Bertz CT molecular complexity index is 1320. The van der Waals surface area contributed by atoms with Crippen LogP contribution >= 0.6 is 0 Å². The number of azo groups is 1. The van der Waals surface area contributed by atoms with Crippen molar-refractivity contribution in [1.29, 1.82) is 0 Å². The lowest BCUT2D eigenvalue weighted by Crippen LogP contribution is -1.97. The highest BCUT2D eigenvalue weighted by Crippen LogP contribution is 2.34. The number of benzene rings is 3. The molecule has 0 saturated carbocycles. The molecule has 1 heterocycles. The topological polar surface area (TPSA) is 118 Å². The monoisotopic (exact) mass is 404 g/mol. The van der Waals surface area contributed by atoms with Crippen molar-refractivity contribution in [3.63, 3.8) is 0 Å². The second-order valence-corrected chi connectivity index (χ2v) is 7.75. The number of nitrogens with zero attached hydrogens (tertiary/aromatic N) is 3. The Morgan fingerprint density at radius 1 is 0.897 bits per heavy atom. The lowest BCUT2D eigenvalue weighted by molar-refractivity contribution is 0.483. The molecule has 0 saturated heterocycles. The molecular formula is C21H16N4O3S. The molecule has 0 radical (unpaired) electrons. The normalized spacial score (nSPS) is 11.9. The molecule has 0 spiro atoms. The molecule has 3 N–H and O–H groups in total. The van der Waals surface area contributed by atoms with Gasteiger partial charge in [0.15, 0.2) is 0 Å². The minimum atomic E-state index is -4.29. The summed E-state index contributed by atoms with van der Waals surface area (Å²) < 4.78 is 31.9. The first-order chi connectivity index (χ1) is 13.9. The first-order valence-corrected chi connectivity index (χ1v) is 10.1. The average molecular weight is 404 g/mol. The van der Waals surface area contributed by atoms with Crippen molar-refractivity contribution in [2.24, 2.45) is 10.2 Å². The van der Waals surface area contributed by atoms with Crippen LogP contribution < -0.4 is 5.73 Å². The summed E-state index contributed by atoms with van der Waals surface area (Å²) in [5.74, 6) is 0. The third-order valence-electron chi connectivity index (χ3n) is 4.37. The highest BCUT2D eigenvalue weighted by atomic mass is 32.2. The molecule has 29 heavy (non-hydrogen) atoms. The van der Waals surface area contributed by atoms with Crippen LogP contribution in [0.3, 0.4) is 0 Å². The number of hydrogen-bond donors (Lipinski definition) is 2. The van der Waals surface area contributed by atoms with Crippen LogP contribution in [0.5, 0.6) is 0 Å². The third kappa shape index (κ3) is 3.98. The predicted octanol–water partition coefficient (Wildman–Crippen LogP) is 5.15. The summed E-state index contributed by atoms with van der Waals surface area (Å²) in [6.07, 6.45) is 1.61. The van der Waals surface area contributed by atoms with E-state index >= 15 is 0 Å². The van der Waals surface area contributed by atoms with Crippen LogP contribution in [-0.4, -0.2) is 18.0 Å². The molecule has 0 amide bonds. The summed E-state index contributed by atoms with van der Waals surface area (Å²) in [4.78, 5) is 4.21. The quantitative estimate of drug-likeness (QED) is 0.277. The molecule has 4 aromatic rings. The molecule has 0 aliphatic heterocycles. The molecule has 8 heteroatoms. The van der Waals surface area contributed by atoms with Gasteiger partial charge in [0.1, 0.15) is 11.4 Å². The summed E-state index contributed by atoms with van der Waals surface area (Å²) in [7, 11) is -4.29. The number of anilines is 1. The van der Waals surface area contributed by atoms with Crippen molar-refractivity contribution in [2.45, 2.75) is 4.90 Å². The lowest BCUT2D eigenvalue weighted by atomic mass is 10.1. The highest BCUT2D eigenvalue weighted by Gasteiger charge is 2.12. The van der Waals surface area contributed by atoms with Crippen molar-refractivity contribution in [3.05, 3.63) is 79.0 Å². The number of fused-ring (bicyclic) bond motifs is 1. The number of pyridine rings is 1. The third-order valence-corrected chi connectivity index (χ3v) is 5.22. The summed E-state index contributed by atoms with van der Waals surface area (Å²) in [5.41, 5.74) is 9.23. The Kier molecular flexibility index (Phi) is 4.79. The fourth-order valence-corrected chi connectivity index (χ4v) is 3.43. The van der Waals surface area contributed by atoms with Crippen LogP contribution in [0, 0.1) is 0 Å². The van der Waals surface area contributed by atoms with E-state index in [1.165, 1.54) is 12.1 Å². The number of nitrogens with two attached hydrogens (primary N) is 1. The van der Waals surface area contributed by atoms with Gasteiger partial charge in [0.05, 0.1) is 22.5 Å². The fraction of sp³-hybridized carbons (Fsp3) is 0. The Balaban J connectivity index is 1.68. The maximum atomic E-state index is 11.4. The zero-order valence-corrected chi connectivity index (χ0v) is 15.9. The van der Waals surface area contributed by atoms with Gasteiger partial charge in [-0.15, -0.1) is 10.2 Å². The van der Waals surface area contributed by atoms with Crippen molar-refractivity contribution in [1.82, 2.24) is 4.98 Å². The van der Waals surface area contributed by atoms with Gasteiger partial charge in [-0.25, -0.2) is 0 Å². The van der Waals surface area contributed by atoms with Crippen molar-refractivity contribution >= 4 is 38.0 Å². The molecule has 4 rings (SSSR count). The van der Waals surface area contributed by atoms with E-state index in [2.05, 4.69) is 15.2 Å². The van der Waals surface area contributed by atoms with E-state index in [0.29, 0.717) is 27.8 Å². The average Bonchev–Trinajstić information content (AvgIpc) is 2.73. The lowest BCUT2D eigenvalue weighted by Gasteiger charge is -2.06. The number of nitrogen functional groups attached to an aromatic ring is 1. The van der Waals surface area contributed by atoms with Crippen LogP contribution in [0.4, 0.5) is 17.1 Å². The summed E-state index contributed by atoms with van der Waals surface area (Å²) in [5, 5.41) is 9.65. The zero-order valence-electron chi connectivity index (χ0n) is 15.1. The van der Waals surface area contributed by atoms with Gasteiger partial charge in [-0.05, 0) is 35.7 Å². The van der Waals surface area contributed by atoms with Crippen LogP contribution in [-0.2, 0) is 10.1 Å². The maximum Gasteiger partial charge on any atom is 0.294 e. The van der Waals surface area contributed by atoms with Gasteiger partial charge in [-0.3, -0.25) is 9.54 Å². The van der Waals surface area contributed by atoms with E-state index in [1.807, 2.05) is 36.4 Å². The van der Waals surface area contributed by atoms with Gasteiger partial charge in [-0.2, -0.15) is 8.42 Å². The molecular weight excluding hydrogens is 388 g/mol. The molecule has 3 aromatic carbocycles. The standard InChI is InChI=1S/C21H16N4O3S/c22-19-10-6-15-12-17(29(26,27)28)8-9-18(15)21(19)25-24-16-7-11-20(23-13-16)14-4-2-1-3-5-14/h1-13H,22H2,(H,26,27,28)/b25-24+. The molecule has 0 unspecified atom stereocenters. The van der Waals surface area contributed by atoms with Crippen LogP contribution in [0.2, 0.25) is 0 Å². The van der Waals surface area contributed by atoms with E-state index < -0.39 is 10.1 Å². The van der Waals surface area contributed by atoms with Crippen LogP contribution in [0.15, 0.2) is 94.1 Å². The van der Waals surface area contributed by atoms with E-state index in [4.69, 9.17) is 5.73 Å². The van der Waals surface area contributed by atoms with E-state index in [-0.39, 0.29) is 4.90 Å². The Morgan fingerprint density at radius 3 is 2.38 bits per heavy atom. The zero-order chi connectivity index (χ0) is 20.4. The molecule has 0 aliphatic rings. The van der Waals surface area contributed by atoms with Gasteiger partial charge in [0.2, 0.25) is 0 Å². The van der Waals surface area contributed by atoms with Crippen molar-refractivity contribution in [2.75, 3.05) is 5.73 Å². The first kappa shape index (κ1) is 18.7. The van der Waals surface area contributed by atoms with Gasteiger partial charge in [0.25, 0.3) is 10.1 Å². The number of rotatable bonds is 4. The SMILES string of the molecule is Nc1ccc2cc(S(=O)(=O)O)ccc2c1/N=N/c1ccc(-c2ccccc2)nc1. The summed E-state index contributed by atoms with van der Waals surface area (Å²) >= 11 is 0. The van der Waals surface area contributed by atoms with Crippen LogP contribution in [0.1, 0.15) is 0 Å². The predicted molar refractivity (Wildman–Crippen MR) is 112 cm³/mol. The first-order valence-electron chi connectivity index (χ1n) is 8.65. The minimum Gasteiger partial charge on any atom is -0.397 e. The molecule has 144 valence electrons. The molecule has 0 bridgehead atoms. The van der Waals surface area contributed by atoms with E-state index in [0.717, 1.165) is 11.3 Å². The largest absolute Gasteiger partial charge is 0.397 e. The van der Waals surface area contributed by atoms with Gasteiger partial charge >= 0.3 is 0 Å². The second-order valence-electron chi connectivity index (χ2n) is 6.33. The van der Waals surface area contributed by atoms with Gasteiger partial charge in [-0.1, -0.05) is 42.5 Å². The maximum absolute atomic E-state index is 11.4. The second kappa shape index (κ2) is 7.42. The summed E-state index contributed by atoms with van der Waals surface area (Å²) in [6, 6.07) is 20.9. The Hall–Kier alpha value is -3.62. The van der Waals surface area contributed by atoms with Crippen molar-refractivity contribution < 1.29 is 13.0 Å². The fourth-order valence-electron chi connectivity index (χ4n) is 2.91. The van der Waals surface area contributed by atoms with E-state index in [9.17, 15) is 13.0 Å². The number of hydrogen-bond acceptors (Lipinski definition) is 6. The smallest absolute Gasteiger partial charge is 0.294 e.